The minimum absolute atomic E-state index is 0.153. The molecule has 5 aromatic rings. The molecule has 0 radical (unpaired) electrons. The summed E-state index contributed by atoms with van der Waals surface area (Å²) >= 11 is 0. The Bertz CT molecular complexity index is 1640. The largest absolute Gasteiger partial charge is 0.321 e. The molecule has 3 aromatic heterocycles. The van der Waals surface area contributed by atoms with Crippen molar-refractivity contribution in [2.45, 2.75) is 13.8 Å². The number of aromatic nitrogens is 5. The van der Waals surface area contributed by atoms with E-state index in [0.29, 0.717) is 22.5 Å². The molecule has 2 aromatic carbocycles. The molecule has 8 heteroatoms. The van der Waals surface area contributed by atoms with E-state index >= 15 is 0 Å². The number of aryl methyl sites for hydroxylation is 3. The van der Waals surface area contributed by atoms with E-state index in [1.807, 2.05) is 50.3 Å². The number of amides is 1. The third-order valence-electron chi connectivity index (χ3n) is 5.79. The van der Waals surface area contributed by atoms with Crippen LogP contribution in [0.3, 0.4) is 0 Å². The summed E-state index contributed by atoms with van der Waals surface area (Å²) < 4.78 is 1.53. The molecule has 36 heavy (non-hydrogen) atoms. The fourth-order valence-electron chi connectivity index (χ4n) is 4.05. The topological polar surface area (TPSA) is 106 Å². The van der Waals surface area contributed by atoms with Crippen LogP contribution in [0.1, 0.15) is 49.2 Å². The van der Waals surface area contributed by atoms with E-state index in [1.54, 1.807) is 49.5 Å². The van der Waals surface area contributed by atoms with Crippen molar-refractivity contribution in [3.8, 4) is 0 Å². The average Bonchev–Trinajstić information content (AvgIpc) is 3.43. The Hall–Kier alpha value is -4.85. The second-order valence-electron chi connectivity index (χ2n) is 8.56. The van der Waals surface area contributed by atoms with E-state index in [-0.39, 0.29) is 11.7 Å². The van der Waals surface area contributed by atoms with Gasteiger partial charge in [0.1, 0.15) is 5.69 Å². The lowest BCUT2D eigenvalue weighted by molar-refractivity contribution is 0.101. The van der Waals surface area contributed by atoms with E-state index in [9.17, 15) is 9.59 Å². The van der Waals surface area contributed by atoms with Crippen LogP contribution in [0.2, 0.25) is 0 Å². The first kappa shape index (κ1) is 22.9. The van der Waals surface area contributed by atoms with Crippen molar-refractivity contribution in [3.05, 3.63) is 106 Å². The molecule has 0 saturated carbocycles. The number of pyridine rings is 1. The van der Waals surface area contributed by atoms with Gasteiger partial charge < -0.3 is 5.32 Å². The number of carbonyl (C=O) groups is 2. The first-order chi connectivity index (χ1) is 17.4. The van der Waals surface area contributed by atoms with Crippen LogP contribution in [0.25, 0.3) is 23.1 Å². The van der Waals surface area contributed by atoms with Crippen molar-refractivity contribution in [2.24, 2.45) is 7.05 Å². The lowest BCUT2D eigenvalue weighted by Crippen LogP contribution is -2.16. The zero-order valence-electron chi connectivity index (χ0n) is 20.1. The minimum atomic E-state index is -0.289. The Morgan fingerprint density at radius 2 is 1.72 bits per heavy atom. The number of ketones is 1. The highest BCUT2D eigenvalue weighted by atomic mass is 16.2. The van der Waals surface area contributed by atoms with E-state index in [0.717, 1.165) is 33.7 Å². The van der Waals surface area contributed by atoms with Crippen LogP contribution in [-0.4, -0.2) is 36.7 Å². The van der Waals surface area contributed by atoms with Crippen LogP contribution in [0.4, 0.5) is 5.69 Å². The van der Waals surface area contributed by atoms with Crippen LogP contribution in [0, 0.1) is 13.8 Å². The zero-order valence-corrected chi connectivity index (χ0v) is 20.1. The second kappa shape index (κ2) is 9.42. The van der Waals surface area contributed by atoms with Gasteiger partial charge in [-0.15, -0.1) is 0 Å². The van der Waals surface area contributed by atoms with Gasteiger partial charge >= 0.3 is 0 Å². The van der Waals surface area contributed by atoms with Gasteiger partial charge in [0.15, 0.2) is 5.78 Å². The van der Waals surface area contributed by atoms with Crippen LogP contribution in [-0.2, 0) is 7.05 Å². The Labute approximate surface area is 207 Å². The summed E-state index contributed by atoms with van der Waals surface area (Å²) in [5, 5.41) is 15.3. The van der Waals surface area contributed by atoms with Gasteiger partial charge in [0.05, 0.1) is 22.6 Å². The van der Waals surface area contributed by atoms with E-state index in [1.165, 1.54) is 4.68 Å². The normalized spacial score (nSPS) is 11.3. The van der Waals surface area contributed by atoms with Crippen LogP contribution < -0.4 is 5.32 Å². The summed E-state index contributed by atoms with van der Waals surface area (Å²) in [5.74, 6) is -0.442. The summed E-state index contributed by atoms with van der Waals surface area (Å²) in [6, 6.07) is 19.9. The molecule has 0 atom stereocenters. The summed E-state index contributed by atoms with van der Waals surface area (Å²) in [5.41, 5.74) is 6.04. The molecule has 0 bridgehead atoms. The van der Waals surface area contributed by atoms with Crippen molar-refractivity contribution in [2.75, 3.05) is 5.32 Å². The number of anilines is 1. The number of hydrogen-bond acceptors (Lipinski definition) is 5. The van der Waals surface area contributed by atoms with Gasteiger partial charge in [0, 0.05) is 34.9 Å². The number of aromatic amines is 1. The molecule has 0 unspecified atom stereocenters. The van der Waals surface area contributed by atoms with E-state index < -0.39 is 0 Å². The van der Waals surface area contributed by atoms with Gasteiger partial charge in [-0.2, -0.15) is 10.2 Å². The number of hydrogen-bond donors (Lipinski definition) is 2. The maximum Gasteiger partial charge on any atom is 0.273 e. The number of rotatable bonds is 6. The molecule has 3 heterocycles. The second-order valence-corrected chi connectivity index (χ2v) is 8.56. The van der Waals surface area contributed by atoms with Crippen LogP contribution in [0.15, 0.2) is 66.7 Å². The molecule has 0 spiro atoms. The fourth-order valence-corrected chi connectivity index (χ4v) is 4.05. The van der Waals surface area contributed by atoms with Gasteiger partial charge in [-0.1, -0.05) is 24.3 Å². The highest BCUT2D eigenvalue weighted by Crippen LogP contribution is 2.22. The molecule has 0 aliphatic rings. The van der Waals surface area contributed by atoms with Crippen molar-refractivity contribution in [3.63, 3.8) is 0 Å². The summed E-state index contributed by atoms with van der Waals surface area (Å²) in [6.45, 7) is 3.78. The number of nitrogens with one attached hydrogen (secondary N) is 2. The number of H-pyrrole nitrogens is 1. The first-order valence-electron chi connectivity index (χ1n) is 11.4. The van der Waals surface area contributed by atoms with Crippen LogP contribution in [0.5, 0.6) is 0 Å². The standard InChI is InChI=1S/C28H24N6O2/c1-17-6-4-8-21(29-17)11-13-24-23-12-10-20(16-25(23)32-31-24)27(35)19-7-5-9-22(15-19)30-28(36)26-14-18(2)33-34(26)3/h4-16H,1-3H3,(H,30,36)(H,31,32). The lowest BCUT2D eigenvalue weighted by Gasteiger charge is -2.08. The van der Waals surface area contributed by atoms with Crippen molar-refractivity contribution in [1.82, 2.24) is 25.0 Å². The smallest absolute Gasteiger partial charge is 0.273 e. The summed E-state index contributed by atoms with van der Waals surface area (Å²) in [7, 11) is 1.72. The number of carbonyl (C=O) groups excluding carboxylic acids is 2. The molecule has 0 aliphatic heterocycles. The average molecular weight is 477 g/mol. The van der Waals surface area contributed by atoms with E-state index in [4.69, 9.17) is 0 Å². The third kappa shape index (κ3) is 4.69. The molecule has 5 rings (SSSR count). The molecule has 0 saturated heterocycles. The highest BCUT2D eigenvalue weighted by Gasteiger charge is 2.15. The molecule has 8 nitrogen and oxygen atoms in total. The predicted molar refractivity (Wildman–Crippen MR) is 140 cm³/mol. The van der Waals surface area contributed by atoms with Crippen molar-refractivity contribution in [1.29, 1.82) is 0 Å². The monoisotopic (exact) mass is 476 g/mol. The maximum absolute atomic E-state index is 13.2. The summed E-state index contributed by atoms with van der Waals surface area (Å²) in [4.78, 5) is 30.3. The number of benzene rings is 2. The Morgan fingerprint density at radius 3 is 2.50 bits per heavy atom. The third-order valence-corrected chi connectivity index (χ3v) is 5.79. The fraction of sp³-hybridized carbons (Fsp3) is 0.107. The molecule has 178 valence electrons. The van der Waals surface area contributed by atoms with Gasteiger partial charge in [0.25, 0.3) is 5.91 Å². The first-order valence-corrected chi connectivity index (χ1v) is 11.4. The maximum atomic E-state index is 13.2. The summed E-state index contributed by atoms with van der Waals surface area (Å²) in [6.07, 6.45) is 3.81. The van der Waals surface area contributed by atoms with Crippen LogP contribution >= 0.6 is 0 Å². The molecule has 0 fully saturated rings. The quantitative estimate of drug-likeness (QED) is 0.337. The Balaban J connectivity index is 1.35. The highest BCUT2D eigenvalue weighted by molar-refractivity contribution is 6.12. The lowest BCUT2D eigenvalue weighted by atomic mass is 10.0. The predicted octanol–water partition coefficient (Wildman–Crippen LogP) is 4.96. The van der Waals surface area contributed by atoms with Crippen molar-refractivity contribution >= 4 is 40.4 Å². The number of fused-ring (bicyclic) bond motifs is 1. The Morgan fingerprint density at radius 1 is 0.917 bits per heavy atom. The molecule has 0 aliphatic carbocycles. The Kier molecular flexibility index (Phi) is 6.00. The van der Waals surface area contributed by atoms with Crippen molar-refractivity contribution < 1.29 is 9.59 Å². The molecular formula is C28H24N6O2. The molecule has 2 N–H and O–H groups in total. The van der Waals surface area contributed by atoms with E-state index in [2.05, 4.69) is 25.6 Å². The SMILES string of the molecule is Cc1cccc(C=Cc2n[nH]c3cc(C(=O)c4cccc(NC(=O)c5cc(C)nn5C)c4)ccc23)n1. The van der Waals surface area contributed by atoms with Gasteiger partial charge in [-0.25, -0.2) is 0 Å². The van der Waals surface area contributed by atoms with Gasteiger partial charge in [-0.3, -0.25) is 24.4 Å². The molecular weight excluding hydrogens is 452 g/mol. The minimum Gasteiger partial charge on any atom is -0.321 e. The van der Waals surface area contributed by atoms with Gasteiger partial charge in [0.2, 0.25) is 0 Å². The number of nitrogens with zero attached hydrogens (tertiary/aromatic N) is 4. The van der Waals surface area contributed by atoms with Gasteiger partial charge in [-0.05, 0) is 68.5 Å². The molecule has 1 amide bonds. The zero-order chi connectivity index (χ0) is 25.2.